The third kappa shape index (κ3) is 1.87. The largest absolute Gasteiger partial charge is 0.353 e. The van der Waals surface area contributed by atoms with Crippen molar-refractivity contribution in [1.29, 1.82) is 0 Å². The van der Waals surface area contributed by atoms with Crippen LogP contribution in [0.4, 0.5) is 5.95 Å². The Morgan fingerprint density at radius 2 is 2.31 bits per heavy atom. The van der Waals surface area contributed by atoms with Crippen molar-refractivity contribution in [2.75, 3.05) is 11.9 Å². The summed E-state index contributed by atoms with van der Waals surface area (Å²) < 4.78 is 1.80. The molecule has 0 aromatic carbocycles. The predicted octanol–water partition coefficient (Wildman–Crippen LogP) is 2.33. The number of nitrogens with one attached hydrogen (secondary N) is 1. The Morgan fingerprint density at radius 3 is 3.06 bits per heavy atom. The number of hydrogen-bond donors (Lipinski definition) is 1. The highest BCUT2D eigenvalue weighted by molar-refractivity contribution is 5.42. The first-order valence-electron chi connectivity index (χ1n) is 5.97. The van der Waals surface area contributed by atoms with Crippen LogP contribution in [0.3, 0.4) is 0 Å². The Bertz CT molecular complexity index is 440. The van der Waals surface area contributed by atoms with Crippen LogP contribution in [0, 0.1) is 5.92 Å². The molecule has 0 radical (unpaired) electrons. The van der Waals surface area contributed by atoms with Crippen molar-refractivity contribution in [3.8, 4) is 0 Å². The fourth-order valence-electron chi connectivity index (χ4n) is 2.08. The molecule has 0 unspecified atom stereocenters. The minimum Gasteiger partial charge on any atom is -0.353 e. The number of hydrogen-bond acceptors (Lipinski definition) is 3. The molecule has 1 aliphatic rings. The molecule has 0 spiro atoms. The Labute approximate surface area is 94.7 Å². The molecule has 0 aliphatic heterocycles. The van der Waals surface area contributed by atoms with E-state index in [1.807, 2.05) is 24.4 Å². The zero-order valence-electron chi connectivity index (χ0n) is 9.26. The number of aromatic nitrogens is 3. The highest BCUT2D eigenvalue weighted by Crippen LogP contribution is 2.28. The first kappa shape index (κ1) is 9.63. The van der Waals surface area contributed by atoms with E-state index < -0.39 is 0 Å². The molecular formula is C12H16N4. The molecular weight excluding hydrogens is 200 g/mol. The van der Waals surface area contributed by atoms with Crippen LogP contribution >= 0.6 is 0 Å². The number of fused-ring (bicyclic) bond motifs is 1. The summed E-state index contributed by atoms with van der Waals surface area (Å²) in [7, 11) is 0. The zero-order valence-corrected chi connectivity index (χ0v) is 9.26. The first-order valence-corrected chi connectivity index (χ1v) is 5.97. The highest BCUT2D eigenvalue weighted by Gasteiger charge is 2.16. The van der Waals surface area contributed by atoms with Gasteiger partial charge in [0.05, 0.1) is 0 Å². The van der Waals surface area contributed by atoms with Gasteiger partial charge in [0.15, 0.2) is 5.65 Å². The van der Waals surface area contributed by atoms with Crippen LogP contribution in [-0.4, -0.2) is 21.1 Å². The van der Waals surface area contributed by atoms with Gasteiger partial charge in [0.25, 0.3) is 0 Å². The first-order chi connectivity index (χ1) is 7.92. The normalized spacial score (nSPS) is 16.2. The van der Waals surface area contributed by atoms with Crippen LogP contribution < -0.4 is 5.32 Å². The molecule has 2 aromatic heterocycles. The summed E-state index contributed by atoms with van der Waals surface area (Å²) in [6.07, 6.45) is 7.38. The van der Waals surface area contributed by atoms with Gasteiger partial charge in [0.1, 0.15) is 0 Å². The van der Waals surface area contributed by atoms with Gasteiger partial charge in [-0.2, -0.15) is 4.98 Å². The van der Waals surface area contributed by atoms with E-state index in [9.17, 15) is 0 Å². The van der Waals surface area contributed by atoms with E-state index in [0.717, 1.165) is 24.1 Å². The summed E-state index contributed by atoms with van der Waals surface area (Å²) in [4.78, 5) is 4.39. The summed E-state index contributed by atoms with van der Waals surface area (Å²) in [5.41, 5.74) is 0.897. The van der Waals surface area contributed by atoms with Gasteiger partial charge >= 0.3 is 0 Å². The lowest BCUT2D eigenvalue weighted by Crippen LogP contribution is -2.15. The van der Waals surface area contributed by atoms with E-state index in [-0.39, 0.29) is 0 Å². The van der Waals surface area contributed by atoms with E-state index in [1.54, 1.807) is 4.52 Å². The van der Waals surface area contributed by atoms with E-state index in [1.165, 1.54) is 25.7 Å². The minimum absolute atomic E-state index is 0.741. The Hall–Kier alpha value is -1.58. The van der Waals surface area contributed by atoms with E-state index in [0.29, 0.717) is 0 Å². The van der Waals surface area contributed by atoms with Crippen molar-refractivity contribution in [3.05, 3.63) is 24.4 Å². The van der Waals surface area contributed by atoms with E-state index in [4.69, 9.17) is 0 Å². The molecule has 0 atom stereocenters. The van der Waals surface area contributed by atoms with Crippen LogP contribution in [0.2, 0.25) is 0 Å². The summed E-state index contributed by atoms with van der Waals surface area (Å²) in [5, 5.41) is 7.64. The molecule has 2 heterocycles. The number of nitrogens with zero attached hydrogens (tertiary/aromatic N) is 3. The fourth-order valence-corrected chi connectivity index (χ4v) is 2.08. The van der Waals surface area contributed by atoms with Crippen molar-refractivity contribution < 1.29 is 0 Å². The lowest BCUT2D eigenvalue weighted by atomic mass is 9.83. The maximum atomic E-state index is 4.39. The second kappa shape index (κ2) is 4.12. The summed E-state index contributed by atoms with van der Waals surface area (Å²) in [6, 6.07) is 5.89. The topological polar surface area (TPSA) is 42.2 Å². The minimum atomic E-state index is 0.741. The third-order valence-corrected chi connectivity index (χ3v) is 3.30. The average Bonchev–Trinajstić information content (AvgIpc) is 2.64. The predicted molar refractivity (Wildman–Crippen MR) is 63.4 cm³/mol. The second-order valence-electron chi connectivity index (χ2n) is 4.45. The maximum Gasteiger partial charge on any atom is 0.243 e. The lowest BCUT2D eigenvalue weighted by Gasteiger charge is -2.24. The molecule has 1 fully saturated rings. The highest BCUT2D eigenvalue weighted by atomic mass is 15.3. The molecule has 16 heavy (non-hydrogen) atoms. The molecule has 0 amide bonds. The van der Waals surface area contributed by atoms with Crippen LogP contribution in [0.15, 0.2) is 24.4 Å². The third-order valence-electron chi connectivity index (χ3n) is 3.30. The zero-order chi connectivity index (χ0) is 10.8. The van der Waals surface area contributed by atoms with Gasteiger partial charge in [-0.15, -0.1) is 5.10 Å². The standard InChI is InChI=1S/C12H16N4/c1-2-9-16-11(6-1)14-12(15-16)13-8-7-10-4-3-5-10/h1-2,6,9-10H,3-5,7-8H2,(H,13,15). The van der Waals surface area contributed by atoms with Crippen LogP contribution in [-0.2, 0) is 0 Å². The molecule has 2 aromatic rings. The molecule has 4 nitrogen and oxygen atoms in total. The van der Waals surface area contributed by atoms with Crippen LogP contribution in [0.5, 0.6) is 0 Å². The SMILES string of the molecule is c1ccn2nc(NCCC3CCC3)nc2c1. The van der Waals surface area contributed by atoms with Gasteiger partial charge in [-0.1, -0.05) is 25.3 Å². The molecule has 84 valence electrons. The number of anilines is 1. The van der Waals surface area contributed by atoms with Crippen molar-refractivity contribution in [3.63, 3.8) is 0 Å². The monoisotopic (exact) mass is 216 g/mol. The van der Waals surface area contributed by atoms with Crippen molar-refractivity contribution in [2.45, 2.75) is 25.7 Å². The fraction of sp³-hybridized carbons (Fsp3) is 0.500. The molecule has 1 saturated carbocycles. The van der Waals surface area contributed by atoms with Gasteiger partial charge < -0.3 is 5.32 Å². The maximum absolute atomic E-state index is 4.39. The van der Waals surface area contributed by atoms with E-state index in [2.05, 4.69) is 15.4 Å². The smallest absolute Gasteiger partial charge is 0.243 e. The summed E-state index contributed by atoms with van der Waals surface area (Å²) in [6.45, 7) is 0.988. The second-order valence-corrected chi connectivity index (χ2v) is 4.45. The number of pyridine rings is 1. The summed E-state index contributed by atoms with van der Waals surface area (Å²) in [5.74, 6) is 1.68. The van der Waals surface area contributed by atoms with Gasteiger partial charge in [0.2, 0.25) is 5.95 Å². The molecule has 1 N–H and O–H groups in total. The lowest BCUT2D eigenvalue weighted by molar-refractivity contribution is 0.303. The van der Waals surface area contributed by atoms with Gasteiger partial charge in [-0.25, -0.2) is 4.52 Å². The van der Waals surface area contributed by atoms with Crippen molar-refractivity contribution >= 4 is 11.6 Å². The van der Waals surface area contributed by atoms with Gasteiger partial charge in [-0.05, 0) is 24.5 Å². The van der Waals surface area contributed by atoms with Crippen LogP contribution in [0.25, 0.3) is 5.65 Å². The Balaban J connectivity index is 1.60. The van der Waals surface area contributed by atoms with Crippen molar-refractivity contribution in [2.24, 2.45) is 5.92 Å². The van der Waals surface area contributed by atoms with E-state index >= 15 is 0 Å². The average molecular weight is 216 g/mol. The molecule has 0 saturated heterocycles. The van der Waals surface area contributed by atoms with Crippen LogP contribution in [0.1, 0.15) is 25.7 Å². The van der Waals surface area contributed by atoms with Gasteiger partial charge in [-0.3, -0.25) is 0 Å². The Morgan fingerprint density at radius 1 is 1.38 bits per heavy atom. The summed E-state index contributed by atoms with van der Waals surface area (Å²) >= 11 is 0. The Kier molecular flexibility index (Phi) is 2.48. The molecule has 1 aliphatic carbocycles. The molecule has 4 heteroatoms. The van der Waals surface area contributed by atoms with Gasteiger partial charge in [0, 0.05) is 12.7 Å². The van der Waals surface area contributed by atoms with Crippen molar-refractivity contribution in [1.82, 2.24) is 14.6 Å². The quantitative estimate of drug-likeness (QED) is 0.853. The molecule has 3 rings (SSSR count). The molecule has 0 bridgehead atoms. The number of rotatable bonds is 4.